The van der Waals surface area contributed by atoms with Crippen LogP contribution in [0.4, 0.5) is 0 Å². The molecule has 2 bridgehead atoms. The number of rotatable bonds is 2. The third kappa shape index (κ3) is 1.94. The number of aliphatic hydroxyl groups is 1. The Morgan fingerprint density at radius 1 is 1.50 bits per heavy atom. The molecular formula is C13H19NO4. The SMILES string of the molecule is C[C@@H](C#N)CC1CC[C@@H]2O[C@@H]3C[C@]2(COC3O)O1. The van der Waals surface area contributed by atoms with Gasteiger partial charge in [0.15, 0.2) is 6.29 Å². The van der Waals surface area contributed by atoms with Gasteiger partial charge in [-0.15, -0.1) is 0 Å². The van der Waals surface area contributed by atoms with Crippen LogP contribution in [0.2, 0.25) is 0 Å². The summed E-state index contributed by atoms with van der Waals surface area (Å²) in [6.45, 7) is 2.31. The minimum atomic E-state index is -0.818. The maximum Gasteiger partial charge on any atom is 0.181 e. The van der Waals surface area contributed by atoms with Crippen molar-refractivity contribution in [3.8, 4) is 6.07 Å². The molecule has 3 rings (SSSR count). The lowest BCUT2D eigenvalue weighted by atomic mass is 9.84. The predicted octanol–water partition coefficient (Wildman–Crippen LogP) is 0.960. The largest absolute Gasteiger partial charge is 0.366 e. The maximum absolute atomic E-state index is 9.64. The van der Waals surface area contributed by atoms with Crippen molar-refractivity contribution in [3.63, 3.8) is 0 Å². The van der Waals surface area contributed by atoms with E-state index in [1.807, 2.05) is 6.92 Å². The average molecular weight is 253 g/mol. The summed E-state index contributed by atoms with van der Waals surface area (Å²) >= 11 is 0. The number of hydrogen-bond acceptors (Lipinski definition) is 5. The Morgan fingerprint density at radius 3 is 3.11 bits per heavy atom. The maximum atomic E-state index is 9.64. The van der Waals surface area contributed by atoms with E-state index in [0.29, 0.717) is 13.0 Å². The molecule has 3 fully saturated rings. The molecule has 0 radical (unpaired) electrons. The summed E-state index contributed by atoms with van der Waals surface area (Å²) in [5.74, 6) is 0.0103. The number of hydrogen-bond donors (Lipinski definition) is 1. The van der Waals surface area contributed by atoms with Gasteiger partial charge in [0.2, 0.25) is 0 Å². The standard InChI is InChI=1S/C13H19NO4/c1-8(6-14)4-9-2-3-11-13(18-9)5-10(17-11)12(15)16-7-13/h8-12,15H,2-5,7H2,1H3/t8-,9?,10-,11+,12?,13-/m1/s1. The molecule has 100 valence electrons. The summed E-state index contributed by atoms with van der Waals surface area (Å²) in [7, 11) is 0. The van der Waals surface area contributed by atoms with E-state index in [1.54, 1.807) is 0 Å². The zero-order chi connectivity index (χ0) is 12.8. The summed E-state index contributed by atoms with van der Waals surface area (Å²) in [6.07, 6.45) is 2.38. The number of ether oxygens (including phenoxy) is 3. The van der Waals surface area contributed by atoms with E-state index in [9.17, 15) is 5.11 Å². The van der Waals surface area contributed by atoms with Crippen molar-refractivity contribution in [2.45, 2.75) is 62.8 Å². The van der Waals surface area contributed by atoms with Crippen LogP contribution in [0.5, 0.6) is 0 Å². The number of aliphatic hydroxyl groups excluding tert-OH is 1. The van der Waals surface area contributed by atoms with Crippen molar-refractivity contribution < 1.29 is 19.3 Å². The fraction of sp³-hybridized carbons (Fsp3) is 0.923. The molecule has 5 heteroatoms. The molecule has 0 aromatic carbocycles. The summed E-state index contributed by atoms with van der Waals surface area (Å²) in [6, 6.07) is 2.25. The Balaban J connectivity index is 1.69. The van der Waals surface area contributed by atoms with Crippen molar-refractivity contribution in [1.29, 1.82) is 5.26 Å². The van der Waals surface area contributed by atoms with Gasteiger partial charge >= 0.3 is 0 Å². The van der Waals surface area contributed by atoms with Gasteiger partial charge in [0, 0.05) is 12.3 Å². The second kappa shape index (κ2) is 4.46. The van der Waals surface area contributed by atoms with Gasteiger partial charge in [0.1, 0.15) is 11.7 Å². The highest BCUT2D eigenvalue weighted by atomic mass is 16.7. The molecule has 0 aromatic heterocycles. The van der Waals surface area contributed by atoms with Crippen molar-refractivity contribution in [3.05, 3.63) is 0 Å². The lowest BCUT2D eigenvalue weighted by molar-refractivity contribution is -0.223. The van der Waals surface area contributed by atoms with Crippen LogP contribution in [0.3, 0.4) is 0 Å². The second-order valence-corrected chi connectivity index (χ2v) is 5.72. The van der Waals surface area contributed by atoms with Crippen molar-refractivity contribution in [2.75, 3.05) is 6.61 Å². The van der Waals surface area contributed by atoms with E-state index < -0.39 is 6.29 Å². The van der Waals surface area contributed by atoms with E-state index in [-0.39, 0.29) is 29.8 Å². The van der Waals surface area contributed by atoms with Crippen molar-refractivity contribution >= 4 is 0 Å². The number of nitrogens with zero attached hydrogens (tertiary/aromatic N) is 1. The molecule has 1 N–H and O–H groups in total. The lowest BCUT2D eigenvalue weighted by Gasteiger charge is -2.43. The molecule has 6 atom stereocenters. The van der Waals surface area contributed by atoms with Crippen LogP contribution < -0.4 is 0 Å². The predicted molar refractivity (Wildman–Crippen MR) is 61.5 cm³/mol. The molecule has 0 amide bonds. The third-order valence-corrected chi connectivity index (χ3v) is 4.28. The molecule has 0 aromatic rings. The first-order valence-corrected chi connectivity index (χ1v) is 6.65. The lowest BCUT2D eigenvalue weighted by Crippen LogP contribution is -2.54. The molecule has 18 heavy (non-hydrogen) atoms. The Morgan fingerprint density at radius 2 is 2.33 bits per heavy atom. The first-order valence-electron chi connectivity index (χ1n) is 6.65. The quantitative estimate of drug-likeness (QED) is 0.793. The van der Waals surface area contributed by atoms with Gasteiger partial charge in [-0.2, -0.15) is 5.26 Å². The fourth-order valence-electron chi connectivity index (χ4n) is 3.34. The molecule has 5 nitrogen and oxygen atoms in total. The normalized spacial score (nSPS) is 48.3. The first kappa shape index (κ1) is 12.4. The Labute approximate surface area is 107 Å². The van der Waals surface area contributed by atoms with Gasteiger partial charge in [0.05, 0.1) is 24.9 Å². The van der Waals surface area contributed by atoms with E-state index >= 15 is 0 Å². The van der Waals surface area contributed by atoms with Gasteiger partial charge in [-0.05, 0) is 26.2 Å². The summed E-state index contributed by atoms with van der Waals surface area (Å²) in [4.78, 5) is 0. The Bertz CT molecular complexity index is 368. The van der Waals surface area contributed by atoms with Crippen LogP contribution >= 0.6 is 0 Å². The third-order valence-electron chi connectivity index (χ3n) is 4.28. The highest BCUT2D eigenvalue weighted by Gasteiger charge is 2.58. The minimum Gasteiger partial charge on any atom is -0.366 e. The van der Waals surface area contributed by atoms with E-state index in [0.717, 1.165) is 19.3 Å². The van der Waals surface area contributed by atoms with Gasteiger partial charge in [-0.25, -0.2) is 0 Å². The monoisotopic (exact) mass is 253 g/mol. The van der Waals surface area contributed by atoms with Gasteiger partial charge in [0.25, 0.3) is 0 Å². The zero-order valence-electron chi connectivity index (χ0n) is 10.5. The molecule has 1 spiro atoms. The van der Waals surface area contributed by atoms with Gasteiger partial charge < -0.3 is 19.3 Å². The smallest absolute Gasteiger partial charge is 0.181 e. The van der Waals surface area contributed by atoms with Crippen LogP contribution in [-0.2, 0) is 14.2 Å². The summed E-state index contributed by atoms with van der Waals surface area (Å²) < 4.78 is 17.3. The molecule has 3 saturated heterocycles. The second-order valence-electron chi connectivity index (χ2n) is 5.72. The Kier molecular flexibility index (Phi) is 3.07. The first-order chi connectivity index (χ1) is 8.63. The highest BCUT2D eigenvalue weighted by molar-refractivity contribution is 5.04. The van der Waals surface area contributed by atoms with E-state index in [4.69, 9.17) is 19.5 Å². The zero-order valence-corrected chi connectivity index (χ0v) is 10.5. The van der Waals surface area contributed by atoms with Crippen LogP contribution in [-0.4, -0.2) is 41.9 Å². The molecule has 3 aliphatic heterocycles. The summed E-state index contributed by atoms with van der Waals surface area (Å²) in [5.41, 5.74) is -0.387. The van der Waals surface area contributed by atoms with Crippen LogP contribution in [0.25, 0.3) is 0 Å². The topological polar surface area (TPSA) is 71.7 Å². The van der Waals surface area contributed by atoms with Crippen molar-refractivity contribution in [2.24, 2.45) is 5.92 Å². The van der Waals surface area contributed by atoms with E-state index in [1.165, 1.54) is 0 Å². The average Bonchev–Trinajstić information content (AvgIpc) is 2.68. The molecule has 0 aliphatic carbocycles. The Hall–Kier alpha value is -0.670. The van der Waals surface area contributed by atoms with Gasteiger partial charge in [-0.3, -0.25) is 0 Å². The van der Waals surface area contributed by atoms with Crippen LogP contribution in [0, 0.1) is 17.2 Å². The minimum absolute atomic E-state index is 0.0103. The molecule has 3 heterocycles. The van der Waals surface area contributed by atoms with Crippen molar-refractivity contribution in [1.82, 2.24) is 0 Å². The molecule has 0 saturated carbocycles. The van der Waals surface area contributed by atoms with E-state index in [2.05, 4.69) is 6.07 Å². The van der Waals surface area contributed by atoms with Gasteiger partial charge in [-0.1, -0.05) is 0 Å². The van der Waals surface area contributed by atoms with Crippen LogP contribution in [0.1, 0.15) is 32.6 Å². The highest BCUT2D eigenvalue weighted by Crippen LogP contribution is 2.46. The fourth-order valence-corrected chi connectivity index (χ4v) is 3.34. The summed E-state index contributed by atoms with van der Waals surface area (Å²) in [5, 5.41) is 18.5. The molecule has 2 unspecified atom stereocenters. The molecule has 3 aliphatic rings. The van der Waals surface area contributed by atoms with Crippen LogP contribution in [0.15, 0.2) is 0 Å². The number of nitriles is 1. The number of fused-ring (bicyclic) bond motifs is 1. The molecular weight excluding hydrogens is 234 g/mol.